The molecule has 2 rings (SSSR count). The van der Waals surface area contributed by atoms with Crippen molar-refractivity contribution in [3.8, 4) is 5.75 Å². The van der Waals surface area contributed by atoms with Crippen LogP contribution >= 0.6 is 35.0 Å². The van der Waals surface area contributed by atoms with Gasteiger partial charge in [0.2, 0.25) is 0 Å². The summed E-state index contributed by atoms with van der Waals surface area (Å²) in [6.45, 7) is 3.20. The van der Waals surface area contributed by atoms with Gasteiger partial charge in [-0.3, -0.25) is 0 Å². The lowest BCUT2D eigenvalue weighted by Gasteiger charge is -2.22. The Morgan fingerprint density at radius 2 is 1.94 bits per heavy atom. The van der Waals surface area contributed by atoms with E-state index in [2.05, 4.69) is 34.0 Å². The Bertz CT molecular complexity index is 329. The van der Waals surface area contributed by atoms with E-state index in [4.69, 9.17) is 4.74 Å². The summed E-state index contributed by atoms with van der Waals surface area (Å²) in [6.07, 6.45) is 3.79. The Morgan fingerprint density at radius 3 is 2.65 bits per heavy atom. The van der Waals surface area contributed by atoms with Crippen molar-refractivity contribution < 1.29 is 4.74 Å². The molecule has 1 N–H and O–H groups in total. The first-order chi connectivity index (χ1) is 7.86. The fourth-order valence-corrected chi connectivity index (χ4v) is 2.61. The summed E-state index contributed by atoms with van der Waals surface area (Å²) in [7, 11) is 0. The van der Waals surface area contributed by atoms with E-state index < -0.39 is 0 Å². The van der Waals surface area contributed by atoms with Crippen LogP contribution in [0.3, 0.4) is 0 Å². The Balaban J connectivity index is 0.00000144. The lowest BCUT2D eigenvalue weighted by Crippen LogP contribution is -2.28. The van der Waals surface area contributed by atoms with Crippen molar-refractivity contribution in [2.24, 2.45) is 5.92 Å². The van der Waals surface area contributed by atoms with Crippen LogP contribution in [-0.2, 0) is 0 Å². The maximum atomic E-state index is 5.81. The molecule has 0 amide bonds. The number of rotatable bonds is 4. The van der Waals surface area contributed by atoms with Gasteiger partial charge in [0.15, 0.2) is 0 Å². The Hall–Kier alpha value is -0.0000000000000000208. The molecule has 1 heterocycles. The van der Waals surface area contributed by atoms with E-state index in [1.165, 1.54) is 35.9 Å². The molecular formula is C13H19ClINO. The molecule has 0 unspecified atom stereocenters. The smallest absolute Gasteiger partial charge is 0.132 e. The third kappa shape index (κ3) is 5.02. The first-order valence-corrected chi connectivity index (χ1v) is 7.02. The highest BCUT2D eigenvalue weighted by atomic mass is 127. The van der Waals surface area contributed by atoms with Crippen molar-refractivity contribution in [3.63, 3.8) is 0 Å². The number of benzene rings is 1. The number of nitrogens with one attached hydrogen (secondary N) is 1. The standard InChI is InChI=1S/C13H18INO.ClH/c14-12-3-1-2-4-13(12)16-10-7-11-5-8-15-9-6-11;/h1-4,11,15H,5-10H2;1H. The van der Waals surface area contributed by atoms with Gasteiger partial charge in [0.05, 0.1) is 10.2 Å². The van der Waals surface area contributed by atoms with Gasteiger partial charge >= 0.3 is 0 Å². The predicted octanol–water partition coefficient (Wildman–Crippen LogP) is 3.48. The number of ether oxygens (including phenoxy) is 1. The van der Waals surface area contributed by atoms with Crippen LogP contribution in [0.2, 0.25) is 0 Å². The van der Waals surface area contributed by atoms with Crippen molar-refractivity contribution in [3.05, 3.63) is 27.8 Å². The third-order valence-electron chi connectivity index (χ3n) is 3.08. The largest absolute Gasteiger partial charge is 0.492 e. The fraction of sp³-hybridized carbons (Fsp3) is 0.538. The second kappa shape index (κ2) is 8.16. The van der Waals surface area contributed by atoms with E-state index in [1.807, 2.05) is 18.2 Å². The maximum Gasteiger partial charge on any atom is 0.132 e. The molecule has 1 aliphatic heterocycles. The molecule has 0 aliphatic carbocycles. The fourth-order valence-electron chi connectivity index (χ4n) is 2.07. The minimum Gasteiger partial charge on any atom is -0.492 e. The Labute approximate surface area is 123 Å². The molecule has 2 nitrogen and oxygen atoms in total. The second-order valence-corrected chi connectivity index (χ2v) is 5.42. The molecule has 4 heteroatoms. The van der Waals surface area contributed by atoms with Gasteiger partial charge in [-0.05, 0) is 73.0 Å². The lowest BCUT2D eigenvalue weighted by atomic mass is 9.95. The number of hydrogen-bond acceptors (Lipinski definition) is 2. The summed E-state index contributed by atoms with van der Waals surface area (Å²) in [5, 5.41) is 3.39. The molecule has 0 spiro atoms. The molecule has 0 radical (unpaired) electrons. The Morgan fingerprint density at radius 1 is 1.24 bits per heavy atom. The van der Waals surface area contributed by atoms with Crippen LogP contribution in [0, 0.1) is 9.49 Å². The maximum absolute atomic E-state index is 5.81. The monoisotopic (exact) mass is 367 g/mol. The molecular weight excluding hydrogens is 349 g/mol. The van der Waals surface area contributed by atoms with Gasteiger partial charge in [-0.2, -0.15) is 0 Å². The SMILES string of the molecule is Cl.Ic1ccccc1OCCC1CCNCC1. The zero-order valence-electron chi connectivity index (χ0n) is 9.82. The lowest BCUT2D eigenvalue weighted by molar-refractivity contribution is 0.250. The first-order valence-electron chi connectivity index (χ1n) is 5.94. The summed E-state index contributed by atoms with van der Waals surface area (Å²) in [6, 6.07) is 8.20. The van der Waals surface area contributed by atoms with Crippen LogP contribution in [0.15, 0.2) is 24.3 Å². The summed E-state index contributed by atoms with van der Waals surface area (Å²) in [5.74, 6) is 1.87. The van der Waals surface area contributed by atoms with Gasteiger partial charge in [0.1, 0.15) is 5.75 Å². The molecule has 0 atom stereocenters. The van der Waals surface area contributed by atoms with Gasteiger partial charge in [0, 0.05) is 0 Å². The predicted molar refractivity (Wildman–Crippen MR) is 82.1 cm³/mol. The summed E-state index contributed by atoms with van der Waals surface area (Å²) in [5.41, 5.74) is 0. The van der Waals surface area contributed by atoms with Crippen LogP contribution in [0.1, 0.15) is 19.3 Å². The molecule has 17 heavy (non-hydrogen) atoms. The van der Waals surface area contributed by atoms with E-state index in [0.717, 1.165) is 18.3 Å². The molecule has 0 bridgehead atoms. The van der Waals surface area contributed by atoms with Crippen molar-refractivity contribution in [1.29, 1.82) is 0 Å². The molecule has 1 saturated heterocycles. The average molecular weight is 368 g/mol. The van der Waals surface area contributed by atoms with E-state index in [1.54, 1.807) is 0 Å². The van der Waals surface area contributed by atoms with Crippen LogP contribution in [-0.4, -0.2) is 19.7 Å². The molecule has 0 saturated carbocycles. The van der Waals surface area contributed by atoms with Crippen molar-refractivity contribution in [2.45, 2.75) is 19.3 Å². The zero-order valence-corrected chi connectivity index (χ0v) is 12.8. The van der Waals surface area contributed by atoms with Gasteiger partial charge in [-0.15, -0.1) is 12.4 Å². The average Bonchev–Trinajstić information content (AvgIpc) is 2.33. The third-order valence-corrected chi connectivity index (χ3v) is 3.97. The molecule has 1 aliphatic rings. The van der Waals surface area contributed by atoms with Crippen LogP contribution in [0.4, 0.5) is 0 Å². The highest BCUT2D eigenvalue weighted by Crippen LogP contribution is 2.21. The van der Waals surface area contributed by atoms with E-state index in [9.17, 15) is 0 Å². The molecule has 1 fully saturated rings. The van der Waals surface area contributed by atoms with Crippen molar-refractivity contribution >= 4 is 35.0 Å². The highest BCUT2D eigenvalue weighted by Gasteiger charge is 2.12. The van der Waals surface area contributed by atoms with Gasteiger partial charge < -0.3 is 10.1 Å². The topological polar surface area (TPSA) is 21.3 Å². The summed E-state index contributed by atoms with van der Waals surface area (Å²) in [4.78, 5) is 0. The first kappa shape index (κ1) is 15.1. The highest BCUT2D eigenvalue weighted by molar-refractivity contribution is 14.1. The molecule has 0 aromatic heterocycles. The molecule has 1 aromatic carbocycles. The van der Waals surface area contributed by atoms with Crippen molar-refractivity contribution in [2.75, 3.05) is 19.7 Å². The number of para-hydroxylation sites is 1. The van der Waals surface area contributed by atoms with Crippen molar-refractivity contribution in [1.82, 2.24) is 5.32 Å². The zero-order chi connectivity index (χ0) is 11.2. The summed E-state index contributed by atoms with van der Waals surface area (Å²) >= 11 is 2.32. The number of piperidine rings is 1. The molecule has 96 valence electrons. The normalized spacial score (nSPS) is 16.3. The molecule has 1 aromatic rings. The van der Waals surface area contributed by atoms with E-state index in [0.29, 0.717) is 0 Å². The quantitative estimate of drug-likeness (QED) is 0.823. The van der Waals surface area contributed by atoms with E-state index in [-0.39, 0.29) is 12.4 Å². The Kier molecular flexibility index (Phi) is 7.23. The second-order valence-electron chi connectivity index (χ2n) is 4.26. The van der Waals surface area contributed by atoms with Crippen LogP contribution in [0.25, 0.3) is 0 Å². The van der Waals surface area contributed by atoms with Gasteiger partial charge in [-0.25, -0.2) is 0 Å². The minimum absolute atomic E-state index is 0. The van der Waals surface area contributed by atoms with E-state index >= 15 is 0 Å². The van der Waals surface area contributed by atoms with Gasteiger partial charge in [-0.1, -0.05) is 12.1 Å². The van der Waals surface area contributed by atoms with Crippen LogP contribution < -0.4 is 10.1 Å². The number of halogens is 2. The van der Waals surface area contributed by atoms with Gasteiger partial charge in [0.25, 0.3) is 0 Å². The number of hydrogen-bond donors (Lipinski definition) is 1. The van der Waals surface area contributed by atoms with Crippen LogP contribution in [0.5, 0.6) is 5.75 Å². The minimum atomic E-state index is 0. The summed E-state index contributed by atoms with van der Waals surface area (Å²) < 4.78 is 7.01.